The number of rotatable bonds is 3. The normalized spacial score (nSPS) is 10.1. The second-order valence-electron chi connectivity index (χ2n) is 3.24. The number of nitrogen functional groups attached to an aromatic ring is 1. The van der Waals surface area contributed by atoms with Crippen LogP contribution in [0.3, 0.4) is 0 Å². The maximum atomic E-state index is 13.5. The van der Waals surface area contributed by atoms with Crippen LogP contribution in [0.2, 0.25) is 0 Å². The van der Waals surface area contributed by atoms with Crippen molar-refractivity contribution in [1.29, 1.82) is 0 Å². The molecule has 1 heterocycles. The fourth-order valence-corrected chi connectivity index (χ4v) is 1.23. The first-order valence-corrected chi connectivity index (χ1v) is 4.78. The molecule has 0 fully saturated rings. The Kier molecular flexibility index (Phi) is 3.00. The number of hydrogen-bond acceptors (Lipinski definition) is 6. The van der Waals surface area contributed by atoms with Gasteiger partial charge in [0.15, 0.2) is 5.82 Å². The Morgan fingerprint density at radius 1 is 1.28 bits per heavy atom. The summed E-state index contributed by atoms with van der Waals surface area (Å²) >= 11 is 0. The molecule has 2 N–H and O–H groups in total. The van der Waals surface area contributed by atoms with Crippen molar-refractivity contribution >= 4 is 11.5 Å². The molecular weight excluding hydrogens is 243 g/mol. The first-order chi connectivity index (χ1) is 8.58. The molecule has 0 atom stereocenters. The molecule has 8 heteroatoms. The summed E-state index contributed by atoms with van der Waals surface area (Å²) in [6.07, 6.45) is 0. The van der Waals surface area contributed by atoms with E-state index in [1.807, 2.05) is 0 Å². The van der Waals surface area contributed by atoms with Gasteiger partial charge in [-0.05, 0) is 12.1 Å². The number of para-hydroxylation sites is 1. The fraction of sp³-hybridized carbons (Fsp3) is 0. The van der Waals surface area contributed by atoms with E-state index in [1.165, 1.54) is 18.2 Å². The van der Waals surface area contributed by atoms with Crippen molar-refractivity contribution in [3.63, 3.8) is 0 Å². The van der Waals surface area contributed by atoms with Gasteiger partial charge < -0.3 is 10.5 Å². The zero-order valence-corrected chi connectivity index (χ0v) is 8.91. The molecule has 0 unspecified atom stereocenters. The van der Waals surface area contributed by atoms with E-state index in [4.69, 9.17) is 10.5 Å². The summed E-state index contributed by atoms with van der Waals surface area (Å²) in [5, 5.41) is 17.7. The molecule has 0 radical (unpaired) electrons. The second kappa shape index (κ2) is 4.62. The Hall–Kier alpha value is -2.77. The Labute approximate surface area is 100 Å². The van der Waals surface area contributed by atoms with Crippen molar-refractivity contribution in [2.75, 3.05) is 5.73 Å². The van der Waals surface area contributed by atoms with Crippen molar-refractivity contribution in [3.05, 3.63) is 46.3 Å². The van der Waals surface area contributed by atoms with E-state index >= 15 is 0 Å². The predicted molar refractivity (Wildman–Crippen MR) is 59.6 cm³/mol. The van der Waals surface area contributed by atoms with Gasteiger partial charge in [-0.3, -0.25) is 10.1 Å². The number of ether oxygens (including phenoxy) is 1. The van der Waals surface area contributed by atoms with Gasteiger partial charge in [-0.2, -0.15) is 0 Å². The van der Waals surface area contributed by atoms with Crippen LogP contribution in [-0.4, -0.2) is 15.1 Å². The SMILES string of the molecule is Nc1ccc(Oc2c(F)cccc2[N+](=O)[O-])nn1. The predicted octanol–water partition coefficient (Wildman–Crippen LogP) is 1.90. The van der Waals surface area contributed by atoms with Crippen LogP contribution < -0.4 is 10.5 Å². The van der Waals surface area contributed by atoms with Gasteiger partial charge in [-0.15, -0.1) is 10.2 Å². The van der Waals surface area contributed by atoms with Crippen LogP contribution in [-0.2, 0) is 0 Å². The van der Waals surface area contributed by atoms with Crippen LogP contribution >= 0.6 is 0 Å². The van der Waals surface area contributed by atoms with Crippen molar-refractivity contribution in [1.82, 2.24) is 10.2 Å². The minimum atomic E-state index is -0.858. The Morgan fingerprint density at radius 2 is 2.06 bits per heavy atom. The van der Waals surface area contributed by atoms with E-state index in [0.29, 0.717) is 0 Å². The molecule has 2 rings (SSSR count). The third-order valence-electron chi connectivity index (χ3n) is 2.01. The van der Waals surface area contributed by atoms with Crippen molar-refractivity contribution in [2.24, 2.45) is 0 Å². The highest BCUT2D eigenvalue weighted by molar-refractivity contribution is 5.48. The van der Waals surface area contributed by atoms with Gasteiger partial charge in [-0.25, -0.2) is 4.39 Å². The van der Waals surface area contributed by atoms with Crippen molar-refractivity contribution in [2.45, 2.75) is 0 Å². The number of aromatic nitrogens is 2. The lowest BCUT2D eigenvalue weighted by atomic mass is 10.3. The zero-order valence-electron chi connectivity index (χ0n) is 8.91. The molecule has 1 aromatic heterocycles. The number of nitrogens with two attached hydrogens (primary N) is 1. The quantitative estimate of drug-likeness (QED) is 0.658. The van der Waals surface area contributed by atoms with Gasteiger partial charge in [-0.1, -0.05) is 6.07 Å². The van der Waals surface area contributed by atoms with Crippen LogP contribution in [0, 0.1) is 15.9 Å². The smallest absolute Gasteiger partial charge is 0.314 e. The van der Waals surface area contributed by atoms with E-state index < -0.39 is 22.2 Å². The lowest BCUT2D eigenvalue weighted by Gasteiger charge is -2.05. The lowest BCUT2D eigenvalue weighted by molar-refractivity contribution is -0.385. The third-order valence-corrected chi connectivity index (χ3v) is 2.01. The van der Waals surface area contributed by atoms with Gasteiger partial charge >= 0.3 is 5.69 Å². The maximum Gasteiger partial charge on any atom is 0.314 e. The molecule has 92 valence electrons. The van der Waals surface area contributed by atoms with E-state index in [-0.39, 0.29) is 11.7 Å². The highest BCUT2D eigenvalue weighted by atomic mass is 19.1. The van der Waals surface area contributed by atoms with Gasteiger partial charge in [0.25, 0.3) is 0 Å². The first kappa shape index (κ1) is 11.7. The second-order valence-corrected chi connectivity index (χ2v) is 3.24. The Balaban J connectivity index is 2.39. The standard InChI is InChI=1S/C10H7FN4O3/c11-6-2-1-3-7(15(16)17)10(6)18-9-5-4-8(12)13-14-9/h1-5H,(H2,12,13). The first-order valence-electron chi connectivity index (χ1n) is 4.78. The van der Waals surface area contributed by atoms with Gasteiger partial charge in [0.05, 0.1) is 4.92 Å². The molecule has 18 heavy (non-hydrogen) atoms. The van der Waals surface area contributed by atoms with Crippen LogP contribution in [0.15, 0.2) is 30.3 Å². The molecule has 0 spiro atoms. The van der Waals surface area contributed by atoms with Crippen LogP contribution in [0.1, 0.15) is 0 Å². The number of nitro benzene ring substituents is 1. The van der Waals surface area contributed by atoms with Crippen molar-refractivity contribution < 1.29 is 14.1 Å². The summed E-state index contributed by atoms with van der Waals surface area (Å²) in [6.45, 7) is 0. The number of anilines is 1. The number of nitro groups is 1. The minimum Gasteiger partial charge on any atom is -0.427 e. The molecule has 0 amide bonds. The number of nitrogens with zero attached hydrogens (tertiary/aromatic N) is 3. The van der Waals surface area contributed by atoms with E-state index in [9.17, 15) is 14.5 Å². The molecule has 7 nitrogen and oxygen atoms in total. The van der Waals surface area contributed by atoms with Crippen LogP contribution in [0.4, 0.5) is 15.9 Å². The number of halogens is 1. The highest BCUT2D eigenvalue weighted by Gasteiger charge is 2.20. The summed E-state index contributed by atoms with van der Waals surface area (Å²) in [5.74, 6) is -1.30. The molecule has 0 saturated carbocycles. The van der Waals surface area contributed by atoms with Crippen LogP contribution in [0.5, 0.6) is 11.6 Å². The zero-order chi connectivity index (χ0) is 13.1. The summed E-state index contributed by atoms with van der Waals surface area (Å²) in [7, 11) is 0. The molecular formula is C10H7FN4O3. The largest absolute Gasteiger partial charge is 0.427 e. The Bertz CT molecular complexity index is 588. The van der Waals surface area contributed by atoms with Gasteiger partial charge in [0.2, 0.25) is 11.6 Å². The monoisotopic (exact) mass is 250 g/mol. The summed E-state index contributed by atoms with van der Waals surface area (Å²) < 4.78 is 18.5. The number of benzene rings is 1. The number of hydrogen-bond donors (Lipinski definition) is 1. The molecule has 1 aromatic carbocycles. The molecule has 0 aliphatic heterocycles. The fourth-order valence-electron chi connectivity index (χ4n) is 1.23. The molecule has 2 aromatic rings. The summed E-state index contributed by atoms with van der Waals surface area (Å²) in [5.41, 5.74) is 4.82. The van der Waals surface area contributed by atoms with E-state index in [1.54, 1.807) is 0 Å². The molecule has 0 aliphatic carbocycles. The van der Waals surface area contributed by atoms with E-state index in [0.717, 1.165) is 12.1 Å². The summed E-state index contributed by atoms with van der Waals surface area (Å²) in [4.78, 5) is 9.97. The topological polar surface area (TPSA) is 104 Å². The highest BCUT2D eigenvalue weighted by Crippen LogP contribution is 2.32. The van der Waals surface area contributed by atoms with Crippen molar-refractivity contribution in [3.8, 4) is 11.6 Å². The average molecular weight is 250 g/mol. The van der Waals surface area contributed by atoms with E-state index in [2.05, 4.69) is 10.2 Å². The Morgan fingerprint density at radius 3 is 2.67 bits per heavy atom. The molecule has 0 bridgehead atoms. The lowest BCUT2D eigenvalue weighted by Crippen LogP contribution is -1.99. The van der Waals surface area contributed by atoms with Gasteiger partial charge in [0, 0.05) is 12.1 Å². The summed E-state index contributed by atoms with van der Waals surface area (Å²) in [6, 6.07) is 6.11. The van der Waals surface area contributed by atoms with Gasteiger partial charge in [0.1, 0.15) is 5.82 Å². The maximum absolute atomic E-state index is 13.5. The molecule has 0 saturated heterocycles. The minimum absolute atomic E-state index is 0.0857. The van der Waals surface area contributed by atoms with Crippen LogP contribution in [0.25, 0.3) is 0 Å². The third kappa shape index (κ3) is 2.32. The molecule has 0 aliphatic rings. The average Bonchev–Trinajstić information content (AvgIpc) is 2.34.